The molecule has 0 amide bonds. The summed E-state index contributed by atoms with van der Waals surface area (Å²) in [4.78, 5) is 56.1. The van der Waals surface area contributed by atoms with Crippen LogP contribution < -0.4 is 138 Å². The predicted octanol–water partition coefficient (Wildman–Crippen LogP) is -17.0. The molecule has 0 aliphatic rings. The van der Waals surface area contributed by atoms with E-state index in [9.17, 15) is 0 Å². The first-order chi connectivity index (χ1) is 5.73. The number of carbonyl (C=O) groups is 1. The van der Waals surface area contributed by atoms with Crippen LogP contribution in [0.1, 0.15) is 6.92 Å². The second-order valence-corrected chi connectivity index (χ2v) is 3.37. The molecule has 0 bridgehead atoms. The number of carbonyl (C=O) groups excluding carboxylic acids is 1. The van der Waals surface area contributed by atoms with Crippen LogP contribution in [0.3, 0.4) is 0 Å². The number of carboxylic acids is 1. The molecule has 0 aliphatic carbocycles. The van der Waals surface area contributed by atoms with Crippen molar-refractivity contribution in [1.29, 1.82) is 0 Å². The molecular formula is C2H6Na4O10P2. The zero-order valence-corrected chi connectivity index (χ0v) is 20.4. The maximum atomic E-state index is 8.89. The van der Waals surface area contributed by atoms with Gasteiger partial charge in [-0.3, -0.25) is 4.57 Å². The molecule has 0 aromatic carbocycles. The van der Waals surface area contributed by atoms with E-state index in [1.165, 1.54) is 0 Å². The molecule has 0 aromatic heterocycles. The Morgan fingerprint density at radius 1 is 0.889 bits per heavy atom. The summed E-state index contributed by atoms with van der Waals surface area (Å²) >= 11 is 0. The van der Waals surface area contributed by atoms with Crippen LogP contribution in [0, 0.1) is 0 Å². The minimum atomic E-state index is -5.14. The molecule has 0 heterocycles. The average molecular weight is 344 g/mol. The number of aliphatic carboxylic acids is 1. The van der Waals surface area contributed by atoms with Crippen molar-refractivity contribution >= 4 is 21.6 Å². The fourth-order valence-electron chi connectivity index (χ4n) is 0. The fraction of sp³-hybridized carbons (Fsp3) is 0.500. The first-order valence-electron chi connectivity index (χ1n) is 2.42. The number of carboxylic acid groups (broad SMARTS) is 1. The molecule has 0 unspecified atom stereocenters. The van der Waals surface area contributed by atoms with Crippen LogP contribution in [0.2, 0.25) is 0 Å². The van der Waals surface area contributed by atoms with Gasteiger partial charge in [0.2, 0.25) is 0 Å². The third-order valence-corrected chi connectivity index (χ3v) is 0. The molecule has 0 saturated heterocycles. The molecule has 0 saturated carbocycles. The van der Waals surface area contributed by atoms with Crippen molar-refractivity contribution in [3.8, 4) is 0 Å². The van der Waals surface area contributed by atoms with Crippen molar-refractivity contribution in [1.82, 2.24) is 0 Å². The van der Waals surface area contributed by atoms with Crippen molar-refractivity contribution in [3.63, 3.8) is 0 Å². The molecule has 0 rings (SSSR count). The van der Waals surface area contributed by atoms with Crippen molar-refractivity contribution < 1.29 is 167 Å². The van der Waals surface area contributed by atoms with Gasteiger partial charge < -0.3 is 43.8 Å². The molecule has 0 spiro atoms. The standard InChI is InChI=1S/C2H4O2.4Na.2H3O4P/c1-2(3)4;;;;;2*1-5(2,3)4/h1H3,(H,3,4);;;;;2*(H3,1,2,3,4)/q;4*+1;;/p-4. The topological polar surface area (TPSA) is 204 Å². The Kier molecular flexibility index (Phi) is 54.9. The number of hydrogen-bond donors (Lipinski definition) is 3. The minimum absolute atomic E-state index is 0. The zero-order valence-electron chi connectivity index (χ0n) is 10.6. The van der Waals surface area contributed by atoms with Crippen LogP contribution in [0.15, 0.2) is 0 Å². The van der Waals surface area contributed by atoms with E-state index in [1.54, 1.807) is 0 Å². The summed E-state index contributed by atoms with van der Waals surface area (Å²) in [6, 6.07) is 0. The first kappa shape index (κ1) is 43.0. The van der Waals surface area contributed by atoms with Gasteiger partial charge in [-0.2, -0.15) is 0 Å². The van der Waals surface area contributed by atoms with E-state index in [2.05, 4.69) is 0 Å². The maximum Gasteiger partial charge on any atom is 1.00 e. The molecular weight excluding hydrogens is 338 g/mol. The molecule has 18 heavy (non-hydrogen) atoms. The van der Waals surface area contributed by atoms with E-state index in [4.69, 9.17) is 48.4 Å². The Labute approximate surface area is 192 Å². The van der Waals surface area contributed by atoms with Crippen molar-refractivity contribution in [2.75, 3.05) is 0 Å². The van der Waals surface area contributed by atoms with Crippen molar-refractivity contribution in [3.05, 3.63) is 0 Å². The Morgan fingerprint density at radius 2 is 0.889 bits per heavy atom. The van der Waals surface area contributed by atoms with Crippen molar-refractivity contribution in [2.24, 2.45) is 0 Å². The second kappa shape index (κ2) is 23.0. The Balaban J connectivity index is -0.0000000183. The number of hydrogen-bond acceptors (Lipinski definition) is 7. The van der Waals surface area contributed by atoms with E-state index in [1.807, 2.05) is 0 Å². The van der Waals surface area contributed by atoms with Crippen molar-refractivity contribution in [2.45, 2.75) is 6.92 Å². The van der Waals surface area contributed by atoms with Gasteiger partial charge >= 0.3 is 118 Å². The van der Waals surface area contributed by atoms with Crippen LogP contribution in [0.25, 0.3) is 0 Å². The molecule has 0 atom stereocenters. The second-order valence-electron chi connectivity index (χ2n) is 1.45. The van der Waals surface area contributed by atoms with Crippen LogP contribution in [-0.2, 0) is 13.9 Å². The zero-order chi connectivity index (χ0) is 12.6. The normalized spacial score (nSPS) is 7.94. The summed E-state index contributed by atoms with van der Waals surface area (Å²) in [5.41, 5.74) is 0. The third kappa shape index (κ3) is 505. The van der Waals surface area contributed by atoms with Gasteiger partial charge in [-0.1, -0.05) is 0 Å². The van der Waals surface area contributed by atoms with E-state index < -0.39 is 21.6 Å². The molecule has 10 nitrogen and oxygen atoms in total. The number of rotatable bonds is 0. The molecule has 16 heteroatoms. The average Bonchev–Trinajstić information content (AvgIpc) is 1.45. The summed E-state index contributed by atoms with van der Waals surface area (Å²) < 4.78 is 17.4. The summed E-state index contributed by atoms with van der Waals surface area (Å²) in [6.45, 7) is 0.972. The van der Waals surface area contributed by atoms with Gasteiger partial charge in [0.05, 0.1) is 7.82 Å². The van der Waals surface area contributed by atoms with Crippen LogP contribution in [-0.4, -0.2) is 20.6 Å². The molecule has 88 valence electrons. The quantitative estimate of drug-likeness (QED) is 0.279. The Hall–Kier alpha value is 3.69. The molecule has 0 fully saturated rings. The largest absolute Gasteiger partial charge is 1.00 e. The summed E-state index contributed by atoms with van der Waals surface area (Å²) in [6.07, 6.45) is 0. The van der Waals surface area contributed by atoms with Crippen LogP contribution in [0.5, 0.6) is 0 Å². The van der Waals surface area contributed by atoms with Gasteiger partial charge in [0.1, 0.15) is 0 Å². The summed E-state index contributed by atoms with van der Waals surface area (Å²) in [5.74, 6) is -1.08. The van der Waals surface area contributed by atoms with E-state index in [0.29, 0.717) is 0 Å². The summed E-state index contributed by atoms with van der Waals surface area (Å²) in [5, 5.41) is 8.89. The van der Waals surface area contributed by atoms with Gasteiger partial charge in [-0.15, -0.1) is 0 Å². The van der Waals surface area contributed by atoms with E-state index in [0.717, 1.165) is 6.92 Å². The van der Waals surface area contributed by atoms with Gasteiger partial charge in [0.15, 0.2) is 0 Å². The first-order valence-corrected chi connectivity index (χ1v) is 5.45. The van der Waals surface area contributed by atoms with Gasteiger partial charge in [-0.05, 0) is 6.92 Å². The van der Waals surface area contributed by atoms with E-state index in [-0.39, 0.29) is 118 Å². The van der Waals surface area contributed by atoms with Crippen LogP contribution in [0.4, 0.5) is 0 Å². The molecule has 0 aromatic rings. The molecule has 3 N–H and O–H groups in total. The smallest absolute Gasteiger partial charge is 0.790 e. The monoisotopic (exact) mass is 344 g/mol. The molecule has 0 aliphatic heterocycles. The Bertz CT molecular complexity index is 206. The van der Waals surface area contributed by atoms with Gasteiger partial charge in [-0.25, -0.2) is 0 Å². The SMILES string of the molecule is CC(=O)[O-].O=P([O-])(O)O.O=P([O-])([O-])O.[Na+].[Na+].[Na+].[Na+]. The minimum Gasteiger partial charge on any atom is -0.790 e. The van der Waals surface area contributed by atoms with Crippen LogP contribution >= 0.6 is 15.6 Å². The fourth-order valence-corrected chi connectivity index (χ4v) is 0. The molecule has 0 radical (unpaired) electrons. The van der Waals surface area contributed by atoms with Gasteiger partial charge in [0.25, 0.3) is 7.82 Å². The maximum absolute atomic E-state index is 8.89. The van der Waals surface area contributed by atoms with Gasteiger partial charge in [0, 0.05) is 5.97 Å². The summed E-state index contributed by atoms with van der Waals surface area (Å²) in [7, 11) is -10.0. The third-order valence-electron chi connectivity index (χ3n) is 0. The predicted molar refractivity (Wildman–Crippen MR) is 32.6 cm³/mol. The number of phosphoric acid groups is 2. The van der Waals surface area contributed by atoms with E-state index >= 15 is 0 Å². The Morgan fingerprint density at radius 3 is 0.889 bits per heavy atom.